The molecule has 0 radical (unpaired) electrons. The molecule has 6 heteroatoms. The van der Waals surface area contributed by atoms with E-state index in [0.29, 0.717) is 11.1 Å². The van der Waals surface area contributed by atoms with Crippen molar-refractivity contribution in [3.63, 3.8) is 0 Å². The van der Waals surface area contributed by atoms with Gasteiger partial charge in [0.2, 0.25) is 0 Å². The van der Waals surface area contributed by atoms with Crippen molar-refractivity contribution >= 4 is 32.8 Å². The molecule has 1 N–H and O–H groups in total. The number of nitrogens with one attached hydrogen (secondary N) is 1. The van der Waals surface area contributed by atoms with Crippen molar-refractivity contribution in [2.24, 2.45) is 0 Å². The summed E-state index contributed by atoms with van der Waals surface area (Å²) >= 11 is 0. The molecule has 0 aromatic heterocycles. The zero-order valence-electron chi connectivity index (χ0n) is 16.1. The Morgan fingerprint density at radius 1 is 0.966 bits per heavy atom. The van der Waals surface area contributed by atoms with E-state index in [1.807, 2.05) is 36.4 Å². The summed E-state index contributed by atoms with van der Waals surface area (Å²) in [5.41, 5.74) is 5.15. The van der Waals surface area contributed by atoms with Crippen LogP contribution in [-0.4, -0.2) is 27.1 Å². The molecule has 0 fully saturated rings. The Bertz CT molecular complexity index is 1170. The Kier molecular flexibility index (Phi) is 5.11. The number of fused-ring (bicyclic) bond motifs is 1. The molecule has 148 valence electrons. The summed E-state index contributed by atoms with van der Waals surface area (Å²) in [7, 11) is -3.16. The number of rotatable bonds is 5. The van der Waals surface area contributed by atoms with Crippen LogP contribution < -0.4 is 10.2 Å². The average Bonchev–Trinajstić information content (AvgIpc) is 3.11. The zero-order chi connectivity index (χ0) is 20.4. The zero-order valence-corrected chi connectivity index (χ0v) is 16.9. The van der Waals surface area contributed by atoms with Crippen LogP contribution in [0.25, 0.3) is 0 Å². The number of hydrogen-bond donors (Lipinski definition) is 1. The summed E-state index contributed by atoms with van der Waals surface area (Å²) in [6.07, 6.45) is 2.15. The number of anilines is 3. The molecule has 1 amide bonds. The smallest absolute Gasteiger partial charge is 0.255 e. The predicted molar refractivity (Wildman–Crippen MR) is 117 cm³/mol. The minimum absolute atomic E-state index is 0.0880. The first-order valence-electron chi connectivity index (χ1n) is 9.43. The van der Waals surface area contributed by atoms with E-state index in [1.165, 1.54) is 11.8 Å². The molecular weight excluding hydrogens is 384 g/mol. The Morgan fingerprint density at radius 2 is 1.69 bits per heavy atom. The van der Waals surface area contributed by atoms with Crippen LogP contribution in [0.15, 0.2) is 72.8 Å². The number of amides is 1. The molecule has 0 atom stereocenters. The third kappa shape index (κ3) is 4.32. The lowest BCUT2D eigenvalue weighted by Gasteiger charge is -2.23. The molecule has 5 nitrogen and oxygen atoms in total. The molecular formula is C23H22N2O3S. The molecule has 0 saturated heterocycles. The number of benzene rings is 3. The Morgan fingerprint density at radius 3 is 2.48 bits per heavy atom. The number of para-hydroxylation sites is 3. The molecule has 0 spiro atoms. The monoisotopic (exact) mass is 406 g/mol. The molecule has 3 aromatic carbocycles. The minimum atomic E-state index is -3.16. The Hall–Kier alpha value is -3.12. The molecule has 1 aliphatic rings. The second-order valence-corrected chi connectivity index (χ2v) is 9.41. The van der Waals surface area contributed by atoms with E-state index in [0.717, 1.165) is 30.0 Å². The van der Waals surface area contributed by atoms with Gasteiger partial charge in [-0.05, 0) is 47.9 Å². The summed E-state index contributed by atoms with van der Waals surface area (Å²) in [6, 6.07) is 22.8. The van der Waals surface area contributed by atoms with Gasteiger partial charge in [-0.15, -0.1) is 0 Å². The summed E-state index contributed by atoms with van der Waals surface area (Å²) in [6.45, 7) is 0.857. The number of sulfone groups is 1. The fourth-order valence-corrected chi connectivity index (χ4v) is 4.49. The van der Waals surface area contributed by atoms with E-state index < -0.39 is 9.84 Å². The minimum Gasteiger partial charge on any atom is -0.339 e. The lowest BCUT2D eigenvalue weighted by atomic mass is 10.1. The van der Waals surface area contributed by atoms with Crippen molar-refractivity contribution in [1.82, 2.24) is 0 Å². The fraction of sp³-hybridized carbons (Fsp3) is 0.174. The van der Waals surface area contributed by atoms with Gasteiger partial charge in [0.15, 0.2) is 9.84 Å². The Labute approximate surface area is 170 Å². The molecule has 0 aliphatic carbocycles. The molecule has 4 rings (SSSR count). The standard InChI is InChI=1S/C23H22N2O3S/c1-29(27,28)16-17-7-6-9-19(15-17)23(26)24-20-10-3-5-12-22(20)25-14-13-18-8-2-4-11-21(18)25/h2-12,15H,13-14,16H2,1H3,(H,24,26). The number of nitrogens with zero attached hydrogens (tertiary/aromatic N) is 1. The second kappa shape index (κ2) is 7.72. The fourth-order valence-electron chi connectivity index (χ4n) is 3.70. The van der Waals surface area contributed by atoms with Crippen molar-refractivity contribution in [2.45, 2.75) is 12.2 Å². The summed E-state index contributed by atoms with van der Waals surface area (Å²) in [4.78, 5) is 15.1. The largest absolute Gasteiger partial charge is 0.339 e. The van der Waals surface area contributed by atoms with Gasteiger partial charge in [-0.1, -0.05) is 42.5 Å². The second-order valence-electron chi connectivity index (χ2n) is 7.27. The summed E-state index contributed by atoms with van der Waals surface area (Å²) in [5, 5.41) is 2.99. The van der Waals surface area contributed by atoms with Crippen molar-refractivity contribution in [3.05, 3.63) is 89.5 Å². The van der Waals surface area contributed by atoms with Gasteiger partial charge in [-0.25, -0.2) is 8.42 Å². The van der Waals surface area contributed by atoms with E-state index in [2.05, 4.69) is 22.3 Å². The van der Waals surface area contributed by atoms with Gasteiger partial charge in [0.05, 0.1) is 17.1 Å². The maximum absolute atomic E-state index is 12.9. The highest BCUT2D eigenvalue weighted by Crippen LogP contribution is 2.38. The van der Waals surface area contributed by atoms with Crippen LogP contribution in [0.1, 0.15) is 21.5 Å². The van der Waals surface area contributed by atoms with Crippen LogP contribution in [0.3, 0.4) is 0 Å². The van der Waals surface area contributed by atoms with Crippen LogP contribution in [0.4, 0.5) is 17.1 Å². The van der Waals surface area contributed by atoms with Gasteiger partial charge in [0.1, 0.15) is 0 Å². The summed E-state index contributed by atoms with van der Waals surface area (Å²) in [5.74, 6) is -0.352. The highest BCUT2D eigenvalue weighted by Gasteiger charge is 2.22. The van der Waals surface area contributed by atoms with E-state index in [9.17, 15) is 13.2 Å². The molecule has 29 heavy (non-hydrogen) atoms. The van der Waals surface area contributed by atoms with Crippen LogP contribution >= 0.6 is 0 Å². The third-order valence-electron chi connectivity index (χ3n) is 4.95. The van der Waals surface area contributed by atoms with E-state index >= 15 is 0 Å². The molecule has 0 saturated carbocycles. The van der Waals surface area contributed by atoms with Gasteiger partial charge in [0.25, 0.3) is 5.91 Å². The number of carbonyl (C=O) groups is 1. The molecule has 0 unspecified atom stereocenters. The molecule has 3 aromatic rings. The van der Waals surface area contributed by atoms with Crippen LogP contribution in [0.2, 0.25) is 0 Å². The van der Waals surface area contributed by atoms with Gasteiger partial charge >= 0.3 is 0 Å². The van der Waals surface area contributed by atoms with Gasteiger partial charge in [-0.3, -0.25) is 4.79 Å². The average molecular weight is 407 g/mol. The predicted octanol–water partition coefficient (Wildman–Crippen LogP) is 4.18. The lowest BCUT2D eigenvalue weighted by molar-refractivity contribution is 0.102. The first-order chi connectivity index (χ1) is 13.9. The molecule has 1 heterocycles. The lowest BCUT2D eigenvalue weighted by Crippen LogP contribution is -2.18. The van der Waals surface area contributed by atoms with Crippen molar-refractivity contribution in [1.29, 1.82) is 0 Å². The van der Waals surface area contributed by atoms with Crippen LogP contribution in [0.5, 0.6) is 0 Å². The summed E-state index contributed by atoms with van der Waals surface area (Å²) < 4.78 is 23.1. The van der Waals surface area contributed by atoms with Crippen molar-refractivity contribution < 1.29 is 13.2 Å². The van der Waals surface area contributed by atoms with Crippen molar-refractivity contribution in [2.75, 3.05) is 23.0 Å². The van der Waals surface area contributed by atoms with Gasteiger partial charge in [-0.2, -0.15) is 0 Å². The first kappa shape index (κ1) is 19.2. The SMILES string of the molecule is CS(=O)(=O)Cc1cccc(C(=O)Nc2ccccc2N2CCc3ccccc32)c1. The topological polar surface area (TPSA) is 66.5 Å². The highest BCUT2D eigenvalue weighted by molar-refractivity contribution is 7.89. The van der Waals surface area contributed by atoms with Gasteiger partial charge in [0, 0.05) is 24.1 Å². The Balaban J connectivity index is 1.60. The van der Waals surface area contributed by atoms with Gasteiger partial charge < -0.3 is 10.2 Å². The highest BCUT2D eigenvalue weighted by atomic mass is 32.2. The van der Waals surface area contributed by atoms with E-state index in [4.69, 9.17) is 0 Å². The molecule has 1 aliphatic heterocycles. The normalized spacial score (nSPS) is 13.2. The molecule has 0 bridgehead atoms. The van der Waals surface area contributed by atoms with Crippen molar-refractivity contribution in [3.8, 4) is 0 Å². The van der Waals surface area contributed by atoms with Crippen LogP contribution in [0, 0.1) is 0 Å². The quantitative estimate of drug-likeness (QED) is 0.690. The maximum atomic E-state index is 12.9. The number of hydrogen-bond acceptors (Lipinski definition) is 4. The third-order valence-corrected chi connectivity index (χ3v) is 5.81. The van der Waals surface area contributed by atoms with E-state index in [1.54, 1.807) is 24.3 Å². The van der Waals surface area contributed by atoms with Crippen LogP contribution in [-0.2, 0) is 22.0 Å². The maximum Gasteiger partial charge on any atom is 0.255 e. The number of carbonyl (C=O) groups excluding carboxylic acids is 1. The first-order valence-corrected chi connectivity index (χ1v) is 11.5. The van der Waals surface area contributed by atoms with E-state index in [-0.39, 0.29) is 11.7 Å².